The molecule has 3 aromatic carbocycles. The molecule has 156 valence electrons. The third-order valence-electron chi connectivity index (χ3n) is 5.02. The highest BCUT2D eigenvalue weighted by atomic mass is 16.5. The molecule has 0 heterocycles. The van der Waals surface area contributed by atoms with Crippen molar-refractivity contribution >= 4 is 5.97 Å². The topological polar surface area (TPSA) is 55.8 Å². The first kappa shape index (κ1) is 21.8. The zero-order valence-corrected chi connectivity index (χ0v) is 17.2. The van der Waals surface area contributed by atoms with Gasteiger partial charge < -0.3 is 14.6 Å². The number of esters is 1. The van der Waals surface area contributed by atoms with Gasteiger partial charge in [-0.25, -0.2) is 0 Å². The van der Waals surface area contributed by atoms with Gasteiger partial charge >= 0.3 is 5.97 Å². The Bertz CT molecular complexity index is 797. The monoisotopic (exact) mass is 404 g/mol. The van der Waals surface area contributed by atoms with Crippen LogP contribution in [0.3, 0.4) is 0 Å². The number of rotatable bonds is 10. The minimum atomic E-state index is -0.847. The molecule has 1 atom stereocenters. The third kappa shape index (κ3) is 5.35. The van der Waals surface area contributed by atoms with Gasteiger partial charge in [0.15, 0.2) is 0 Å². The molecule has 0 spiro atoms. The highest BCUT2D eigenvalue weighted by molar-refractivity contribution is 5.65. The van der Waals surface area contributed by atoms with Crippen molar-refractivity contribution in [2.75, 3.05) is 13.2 Å². The Hall–Kier alpha value is -2.95. The van der Waals surface area contributed by atoms with Crippen molar-refractivity contribution in [2.24, 2.45) is 0 Å². The van der Waals surface area contributed by atoms with Gasteiger partial charge in [-0.1, -0.05) is 91.0 Å². The molecule has 0 fully saturated rings. The summed E-state index contributed by atoms with van der Waals surface area (Å²) in [4.78, 5) is 10.9. The molecule has 0 aliphatic heterocycles. The Morgan fingerprint density at radius 3 is 1.67 bits per heavy atom. The quantitative estimate of drug-likeness (QED) is 0.302. The van der Waals surface area contributed by atoms with Gasteiger partial charge in [-0.15, -0.1) is 0 Å². The van der Waals surface area contributed by atoms with Crippen LogP contribution in [0.1, 0.15) is 36.5 Å². The number of hydrogen-bond acceptors (Lipinski definition) is 4. The van der Waals surface area contributed by atoms with Crippen molar-refractivity contribution in [2.45, 2.75) is 31.5 Å². The summed E-state index contributed by atoms with van der Waals surface area (Å²) < 4.78 is 11.5. The summed E-state index contributed by atoms with van der Waals surface area (Å²) in [5.41, 5.74) is 2.14. The van der Waals surface area contributed by atoms with Crippen molar-refractivity contribution in [3.05, 3.63) is 108 Å². The summed E-state index contributed by atoms with van der Waals surface area (Å²) in [6, 6.07) is 30.2. The molecule has 0 saturated heterocycles. The van der Waals surface area contributed by atoms with Crippen LogP contribution >= 0.6 is 0 Å². The number of hydrogen-bond donors (Lipinski definition) is 1. The van der Waals surface area contributed by atoms with E-state index in [4.69, 9.17) is 9.47 Å². The number of aliphatic hydroxyl groups excluding tert-OH is 1. The summed E-state index contributed by atoms with van der Waals surface area (Å²) >= 11 is 0. The van der Waals surface area contributed by atoms with Crippen LogP contribution in [0.5, 0.6) is 0 Å². The van der Waals surface area contributed by atoms with Crippen molar-refractivity contribution in [3.63, 3.8) is 0 Å². The fourth-order valence-electron chi connectivity index (χ4n) is 3.61. The molecule has 0 aliphatic carbocycles. The van der Waals surface area contributed by atoms with Gasteiger partial charge in [0.25, 0.3) is 0 Å². The summed E-state index contributed by atoms with van der Waals surface area (Å²) in [5.74, 6) is -0.308. The smallest absolute Gasteiger partial charge is 0.302 e. The second-order valence-corrected chi connectivity index (χ2v) is 7.23. The van der Waals surface area contributed by atoms with Gasteiger partial charge in [0.2, 0.25) is 0 Å². The van der Waals surface area contributed by atoms with Crippen LogP contribution in [0.25, 0.3) is 0 Å². The minimum Gasteiger partial charge on any atom is -0.466 e. The molecule has 0 unspecified atom stereocenters. The summed E-state index contributed by atoms with van der Waals surface area (Å²) in [6.07, 6.45) is 0.400. The van der Waals surface area contributed by atoms with Crippen molar-refractivity contribution < 1.29 is 19.4 Å². The van der Waals surface area contributed by atoms with E-state index in [0.717, 1.165) is 16.7 Å². The Kier molecular flexibility index (Phi) is 7.77. The van der Waals surface area contributed by atoms with Gasteiger partial charge in [-0.3, -0.25) is 4.79 Å². The van der Waals surface area contributed by atoms with Gasteiger partial charge in [-0.2, -0.15) is 0 Å². The van der Waals surface area contributed by atoms with Crippen LogP contribution < -0.4 is 0 Å². The molecular formula is C26H28O4. The second kappa shape index (κ2) is 10.7. The highest BCUT2D eigenvalue weighted by Crippen LogP contribution is 2.40. The first-order valence-corrected chi connectivity index (χ1v) is 10.2. The van der Waals surface area contributed by atoms with E-state index in [1.165, 1.54) is 6.92 Å². The lowest BCUT2D eigenvalue weighted by atomic mass is 9.80. The Morgan fingerprint density at radius 1 is 0.833 bits per heavy atom. The minimum absolute atomic E-state index is 0.152. The largest absolute Gasteiger partial charge is 0.466 e. The normalized spacial score (nSPS) is 12.3. The molecule has 30 heavy (non-hydrogen) atoms. The summed E-state index contributed by atoms with van der Waals surface area (Å²) in [5, 5.41) is 10.6. The van der Waals surface area contributed by atoms with Crippen LogP contribution in [0.2, 0.25) is 0 Å². The first-order valence-electron chi connectivity index (χ1n) is 10.2. The molecule has 0 aliphatic rings. The predicted molar refractivity (Wildman–Crippen MR) is 117 cm³/mol. The molecule has 4 nitrogen and oxygen atoms in total. The molecule has 4 heteroatoms. The number of ether oxygens (including phenoxy) is 2. The highest BCUT2D eigenvalue weighted by Gasteiger charge is 2.37. The summed E-state index contributed by atoms with van der Waals surface area (Å²) in [7, 11) is 0. The van der Waals surface area contributed by atoms with E-state index in [1.54, 1.807) is 0 Å². The average molecular weight is 405 g/mol. The average Bonchev–Trinajstić information content (AvgIpc) is 2.79. The van der Waals surface area contributed by atoms with E-state index >= 15 is 0 Å². The lowest BCUT2D eigenvalue weighted by Crippen LogP contribution is -2.35. The number of benzene rings is 3. The molecule has 3 aromatic rings. The number of carbonyl (C=O) groups is 1. The van der Waals surface area contributed by atoms with E-state index in [0.29, 0.717) is 19.4 Å². The second-order valence-electron chi connectivity index (χ2n) is 7.23. The van der Waals surface area contributed by atoms with Crippen molar-refractivity contribution in [1.29, 1.82) is 0 Å². The standard InChI is InChI=1S/C26H28O4/c1-21(27)29-19-11-18-25(28)20-30-26(22-12-5-2-6-13-22,23-14-7-3-8-15-23)24-16-9-4-10-17-24/h2-10,12-17,25,28H,11,18-20H2,1H3/t25-/m0/s1. The van der Waals surface area contributed by atoms with Crippen molar-refractivity contribution in [1.82, 2.24) is 0 Å². The van der Waals surface area contributed by atoms with Crippen LogP contribution in [0.4, 0.5) is 0 Å². The van der Waals surface area contributed by atoms with E-state index in [-0.39, 0.29) is 12.6 Å². The lowest BCUT2D eigenvalue weighted by Gasteiger charge is -2.36. The van der Waals surface area contributed by atoms with Gasteiger partial charge in [-0.05, 0) is 29.5 Å². The fourth-order valence-corrected chi connectivity index (χ4v) is 3.61. The fraction of sp³-hybridized carbons (Fsp3) is 0.269. The maximum Gasteiger partial charge on any atom is 0.302 e. The molecule has 0 aromatic heterocycles. The van der Waals surface area contributed by atoms with Crippen LogP contribution in [0.15, 0.2) is 91.0 Å². The van der Waals surface area contributed by atoms with Gasteiger partial charge in [0, 0.05) is 6.92 Å². The van der Waals surface area contributed by atoms with Gasteiger partial charge in [0.1, 0.15) is 5.60 Å². The lowest BCUT2D eigenvalue weighted by molar-refractivity contribution is -0.141. The predicted octanol–water partition coefficient (Wildman–Crippen LogP) is 4.70. The Morgan fingerprint density at radius 2 is 1.27 bits per heavy atom. The Balaban J connectivity index is 1.91. The third-order valence-corrected chi connectivity index (χ3v) is 5.02. The number of carbonyl (C=O) groups excluding carboxylic acids is 1. The van der Waals surface area contributed by atoms with Crippen LogP contribution in [-0.2, 0) is 19.9 Å². The molecule has 0 amide bonds. The van der Waals surface area contributed by atoms with Crippen LogP contribution in [0, 0.1) is 0 Å². The maximum absolute atomic E-state index is 10.9. The molecule has 3 rings (SSSR count). The van der Waals surface area contributed by atoms with Gasteiger partial charge in [0.05, 0.1) is 19.3 Å². The molecule has 1 N–H and O–H groups in total. The molecule has 0 saturated carbocycles. The van der Waals surface area contributed by atoms with E-state index in [2.05, 4.69) is 0 Å². The zero-order chi connectivity index (χ0) is 21.2. The van der Waals surface area contributed by atoms with E-state index in [1.807, 2.05) is 91.0 Å². The SMILES string of the molecule is CC(=O)OCCC[C@H](O)COC(c1ccccc1)(c1ccccc1)c1ccccc1. The van der Waals surface area contributed by atoms with E-state index in [9.17, 15) is 9.90 Å². The zero-order valence-electron chi connectivity index (χ0n) is 17.2. The first-order chi connectivity index (χ1) is 14.6. The Labute approximate surface area is 178 Å². The summed E-state index contributed by atoms with van der Waals surface area (Å²) in [6.45, 7) is 1.83. The van der Waals surface area contributed by atoms with E-state index < -0.39 is 11.7 Å². The van der Waals surface area contributed by atoms with Crippen LogP contribution in [-0.4, -0.2) is 30.4 Å². The molecule has 0 bridgehead atoms. The number of aliphatic hydroxyl groups is 1. The molecular weight excluding hydrogens is 376 g/mol. The maximum atomic E-state index is 10.9. The molecule has 0 radical (unpaired) electrons. The van der Waals surface area contributed by atoms with Crippen molar-refractivity contribution in [3.8, 4) is 0 Å².